The Kier molecular flexibility index (Phi) is 55.1. The largest absolute Gasteiger partial charge is 0.462 e. The number of hydrogen-bond donors (Lipinski definition) is 0. The Morgan fingerprint density at radius 3 is 0.849 bits per heavy atom. The second-order valence-electron chi connectivity index (χ2n) is 18.0. The first-order chi connectivity index (χ1) is 36.0. The molecule has 1 unspecified atom stereocenters. The Labute approximate surface area is 447 Å². The minimum Gasteiger partial charge on any atom is -0.462 e. The molecule has 0 fully saturated rings. The molecular weight excluding hydrogens is 901 g/mol. The Bertz CT molecular complexity index is 1720. The molecule has 0 bridgehead atoms. The van der Waals surface area contributed by atoms with Gasteiger partial charge in [-0.25, -0.2) is 0 Å². The lowest BCUT2D eigenvalue weighted by atomic mass is 10.1. The number of allylic oxidation sites excluding steroid dienone is 28. The van der Waals surface area contributed by atoms with Gasteiger partial charge in [0.25, 0.3) is 0 Å². The van der Waals surface area contributed by atoms with Crippen LogP contribution in [0, 0.1) is 0 Å². The predicted octanol–water partition coefficient (Wildman–Crippen LogP) is 19.5. The molecule has 1 atom stereocenters. The molecular formula is C67H102O6. The van der Waals surface area contributed by atoms with Gasteiger partial charge >= 0.3 is 17.9 Å². The number of unbranched alkanes of at least 4 members (excludes halogenated alkanes) is 10. The van der Waals surface area contributed by atoms with Gasteiger partial charge in [-0.15, -0.1) is 0 Å². The van der Waals surface area contributed by atoms with E-state index in [9.17, 15) is 14.4 Å². The number of carbonyl (C=O) groups excluding carboxylic acids is 3. The smallest absolute Gasteiger partial charge is 0.306 e. The van der Waals surface area contributed by atoms with E-state index in [4.69, 9.17) is 14.2 Å². The SMILES string of the molecule is CC/C=C\C/C=C\C/C=C\C/C=C\C/C=C\C/C=C\CCCCCCCCCCCCC(=O)OCC(COC(=O)CC/C=C\C/C=C\C/C=C\C/C=C\CC)OC(=O)CC/C=C\C/C=C\C/C=C\C/C=C\CC. The number of rotatable bonds is 49. The van der Waals surface area contributed by atoms with E-state index in [1.807, 2.05) is 24.3 Å². The molecule has 0 aliphatic heterocycles. The fourth-order valence-electron chi connectivity index (χ4n) is 7.06. The number of ether oxygens (including phenoxy) is 3. The number of hydrogen-bond acceptors (Lipinski definition) is 6. The average Bonchev–Trinajstić information content (AvgIpc) is 3.39. The van der Waals surface area contributed by atoms with Crippen molar-refractivity contribution in [1.29, 1.82) is 0 Å². The van der Waals surface area contributed by atoms with Crippen molar-refractivity contribution in [3.05, 3.63) is 170 Å². The van der Waals surface area contributed by atoms with E-state index in [1.165, 1.54) is 44.9 Å². The number of carbonyl (C=O) groups is 3. The molecule has 0 aromatic carbocycles. The first-order valence-electron chi connectivity index (χ1n) is 28.6. The fraction of sp³-hybridized carbons (Fsp3) is 0.537. The lowest BCUT2D eigenvalue weighted by Gasteiger charge is -2.18. The minimum atomic E-state index is -0.855. The molecule has 0 aromatic heterocycles. The first-order valence-corrected chi connectivity index (χ1v) is 28.6. The summed E-state index contributed by atoms with van der Waals surface area (Å²) in [6, 6.07) is 0. The zero-order chi connectivity index (χ0) is 52.9. The van der Waals surface area contributed by atoms with Gasteiger partial charge in [0.2, 0.25) is 0 Å². The van der Waals surface area contributed by atoms with Crippen molar-refractivity contribution in [2.45, 2.75) is 219 Å². The van der Waals surface area contributed by atoms with Gasteiger partial charge < -0.3 is 14.2 Å². The summed E-state index contributed by atoms with van der Waals surface area (Å²) in [4.78, 5) is 38.0. The number of esters is 3. The quantitative estimate of drug-likeness (QED) is 0.0261. The van der Waals surface area contributed by atoms with Gasteiger partial charge in [-0.1, -0.05) is 242 Å². The van der Waals surface area contributed by atoms with Gasteiger partial charge in [-0.3, -0.25) is 14.4 Å². The van der Waals surface area contributed by atoms with Crippen molar-refractivity contribution in [3.8, 4) is 0 Å². The van der Waals surface area contributed by atoms with Crippen molar-refractivity contribution in [2.24, 2.45) is 0 Å². The fourth-order valence-corrected chi connectivity index (χ4v) is 7.06. The highest BCUT2D eigenvalue weighted by molar-refractivity contribution is 5.71. The van der Waals surface area contributed by atoms with Crippen molar-refractivity contribution in [2.75, 3.05) is 13.2 Å². The third kappa shape index (κ3) is 57.5. The van der Waals surface area contributed by atoms with Gasteiger partial charge in [0, 0.05) is 19.3 Å². The van der Waals surface area contributed by atoms with E-state index in [2.05, 4.69) is 167 Å². The van der Waals surface area contributed by atoms with Crippen molar-refractivity contribution in [1.82, 2.24) is 0 Å². The molecule has 0 saturated carbocycles. The molecule has 73 heavy (non-hydrogen) atoms. The summed E-state index contributed by atoms with van der Waals surface area (Å²) in [5, 5.41) is 0. The van der Waals surface area contributed by atoms with Crippen LogP contribution < -0.4 is 0 Å². The van der Waals surface area contributed by atoms with Gasteiger partial charge in [0.1, 0.15) is 13.2 Å². The summed E-state index contributed by atoms with van der Waals surface area (Å²) in [5.74, 6) is -1.12. The van der Waals surface area contributed by atoms with Crippen LogP contribution in [0.4, 0.5) is 0 Å². The normalized spacial score (nSPS) is 13.4. The summed E-state index contributed by atoms with van der Waals surface area (Å²) in [5.41, 5.74) is 0. The Morgan fingerprint density at radius 1 is 0.274 bits per heavy atom. The standard InChI is InChI=1S/C67H102O6/c1-4-7-10-13-16-19-22-25-26-27-28-29-30-31-32-33-34-35-36-37-38-39-40-43-45-48-51-54-57-60-66(69)72-63-64(73-67(70)61-58-55-52-49-46-42-24-21-18-15-12-9-6-3)62-71-65(68)59-56-53-50-47-44-41-23-20-17-14-11-8-5-2/h7-12,16-21,25-26,28-29,31-32,34-35,41-42,44,46,50,52-53,55,64H,4-6,13-15,22-24,27,30,33,36-40,43,45,47-49,51,54,56-63H2,1-3H3/b10-7-,11-8-,12-9-,19-16-,20-17-,21-18-,26-25-,29-28-,32-31-,35-34-,44-41-,46-42-,53-50-,55-52-. The Morgan fingerprint density at radius 2 is 0.521 bits per heavy atom. The second-order valence-corrected chi connectivity index (χ2v) is 18.0. The summed E-state index contributed by atoms with van der Waals surface area (Å²) in [7, 11) is 0. The van der Waals surface area contributed by atoms with Crippen LogP contribution in [-0.4, -0.2) is 37.2 Å². The van der Waals surface area contributed by atoms with Crippen LogP contribution in [0.3, 0.4) is 0 Å². The monoisotopic (exact) mass is 1000 g/mol. The average molecular weight is 1000 g/mol. The van der Waals surface area contributed by atoms with Crippen molar-refractivity contribution >= 4 is 17.9 Å². The molecule has 0 aromatic rings. The third-order valence-corrected chi connectivity index (χ3v) is 11.2. The maximum absolute atomic E-state index is 12.8. The van der Waals surface area contributed by atoms with Crippen LogP contribution in [0.25, 0.3) is 0 Å². The lowest BCUT2D eigenvalue weighted by Crippen LogP contribution is -2.30. The second kappa shape index (κ2) is 59.3. The summed E-state index contributed by atoms with van der Waals surface area (Å²) in [6.07, 6.45) is 88.2. The van der Waals surface area contributed by atoms with E-state index in [1.54, 1.807) is 0 Å². The highest BCUT2D eigenvalue weighted by atomic mass is 16.6. The molecule has 6 nitrogen and oxygen atoms in total. The van der Waals surface area contributed by atoms with E-state index >= 15 is 0 Å². The molecule has 0 N–H and O–H groups in total. The summed E-state index contributed by atoms with van der Waals surface area (Å²) < 4.78 is 16.7. The van der Waals surface area contributed by atoms with Crippen LogP contribution >= 0.6 is 0 Å². The first kappa shape index (κ1) is 67.8. The van der Waals surface area contributed by atoms with Gasteiger partial charge in [0.05, 0.1) is 0 Å². The molecule has 6 heteroatoms. The van der Waals surface area contributed by atoms with E-state index in [0.717, 1.165) is 116 Å². The maximum atomic E-state index is 12.8. The molecule has 0 aliphatic rings. The molecule has 0 radical (unpaired) electrons. The van der Waals surface area contributed by atoms with Crippen molar-refractivity contribution in [3.63, 3.8) is 0 Å². The molecule has 0 saturated heterocycles. The van der Waals surface area contributed by atoms with Gasteiger partial charge in [0.15, 0.2) is 6.10 Å². The Hall–Kier alpha value is -5.23. The van der Waals surface area contributed by atoms with E-state index in [0.29, 0.717) is 19.3 Å². The predicted molar refractivity (Wildman–Crippen MR) is 315 cm³/mol. The molecule has 0 rings (SSSR count). The third-order valence-electron chi connectivity index (χ3n) is 11.2. The van der Waals surface area contributed by atoms with Crippen molar-refractivity contribution < 1.29 is 28.6 Å². The summed E-state index contributed by atoms with van der Waals surface area (Å²) in [6.45, 7) is 6.14. The van der Waals surface area contributed by atoms with Crippen LogP contribution in [0.2, 0.25) is 0 Å². The maximum Gasteiger partial charge on any atom is 0.306 e. The molecule has 0 heterocycles. The zero-order valence-electron chi connectivity index (χ0n) is 46.3. The molecule has 406 valence electrons. The molecule has 0 spiro atoms. The molecule has 0 amide bonds. The Balaban J connectivity index is 4.38. The van der Waals surface area contributed by atoms with Crippen LogP contribution in [-0.2, 0) is 28.6 Å². The van der Waals surface area contributed by atoms with E-state index in [-0.39, 0.29) is 38.0 Å². The van der Waals surface area contributed by atoms with Gasteiger partial charge in [-0.2, -0.15) is 0 Å². The molecule has 0 aliphatic carbocycles. The van der Waals surface area contributed by atoms with Crippen LogP contribution in [0.1, 0.15) is 213 Å². The topological polar surface area (TPSA) is 78.9 Å². The minimum absolute atomic E-state index is 0.139. The van der Waals surface area contributed by atoms with Gasteiger partial charge in [-0.05, 0) is 122 Å². The summed E-state index contributed by atoms with van der Waals surface area (Å²) >= 11 is 0. The highest BCUT2D eigenvalue weighted by Gasteiger charge is 2.19. The lowest BCUT2D eigenvalue weighted by molar-refractivity contribution is -0.166. The van der Waals surface area contributed by atoms with E-state index < -0.39 is 12.1 Å². The highest BCUT2D eigenvalue weighted by Crippen LogP contribution is 2.13. The zero-order valence-corrected chi connectivity index (χ0v) is 46.3. The van der Waals surface area contributed by atoms with Crippen LogP contribution in [0.15, 0.2) is 170 Å². The van der Waals surface area contributed by atoms with Crippen LogP contribution in [0.5, 0.6) is 0 Å².